The number of benzene rings is 2. The SMILES string of the molecule is CCNCc1cc(OC)ccc1-c1ccc(Br)c(Cl)c1F. The van der Waals surface area contributed by atoms with E-state index in [0.717, 1.165) is 23.4 Å². The van der Waals surface area contributed by atoms with Gasteiger partial charge >= 0.3 is 0 Å². The second-order valence-corrected chi connectivity index (χ2v) is 5.76. The zero-order chi connectivity index (χ0) is 15.4. The van der Waals surface area contributed by atoms with E-state index in [9.17, 15) is 4.39 Å². The maximum Gasteiger partial charge on any atom is 0.150 e. The summed E-state index contributed by atoms with van der Waals surface area (Å²) >= 11 is 9.22. The first kappa shape index (κ1) is 16.3. The molecule has 5 heteroatoms. The fraction of sp³-hybridized carbons (Fsp3) is 0.250. The largest absolute Gasteiger partial charge is 0.497 e. The molecule has 0 unspecified atom stereocenters. The maximum atomic E-state index is 14.4. The summed E-state index contributed by atoms with van der Waals surface area (Å²) in [4.78, 5) is 0. The number of nitrogens with one attached hydrogen (secondary N) is 1. The molecular weight excluding hydrogens is 357 g/mol. The smallest absolute Gasteiger partial charge is 0.150 e. The second kappa shape index (κ2) is 7.25. The Morgan fingerprint density at radius 3 is 2.62 bits per heavy atom. The van der Waals surface area contributed by atoms with E-state index >= 15 is 0 Å². The molecule has 0 radical (unpaired) electrons. The number of ether oxygens (including phenoxy) is 1. The fourth-order valence-electron chi connectivity index (χ4n) is 2.10. The van der Waals surface area contributed by atoms with Crippen molar-refractivity contribution >= 4 is 27.5 Å². The van der Waals surface area contributed by atoms with Crippen molar-refractivity contribution in [3.8, 4) is 16.9 Å². The average Bonchev–Trinajstić information content (AvgIpc) is 2.51. The van der Waals surface area contributed by atoms with E-state index in [2.05, 4.69) is 21.2 Å². The number of rotatable bonds is 5. The molecule has 0 aliphatic heterocycles. The molecular formula is C16H16BrClFNO. The molecule has 0 saturated carbocycles. The lowest BCUT2D eigenvalue weighted by Gasteiger charge is -2.14. The van der Waals surface area contributed by atoms with Crippen molar-refractivity contribution in [2.45, 2.75) is 13.5 Å². The first-order valence-corrected chi connectivity index (χ1v) is 7.77. The van der Waals surface area contributed by atoms with Gasteiger partial charge in [0.15, 0.2) is 5.82 Å². The summed E-state index contributed by atoms with van der Waals surface area (Å²) in [5.41, 5.74) is 2.26. The Morgan fingerprint density at radius 2 is 1.95 bits per heavy atom. The second-order valence-electron chi connectivity index (χ2n) is 4.53. The Kier molecular flexibility index (Phi) is 5.62. The molecule has 0 aliphatic rings. The van der Waals surface area contributed by atoms with E-state index in [-0.39, 0.29) is 5.02 Å². The molecule has 0 aromatic heterocycles. The Balaban J connectivity index is 2.54. The van der Waals surface area contributed by atoms with E-state index in [1.807, 2.05) is 25.1 Å². The highest BCUT2D eigenvalue weighted by Gasteiger charge is 2.15. The third-order valence-corrected chi connectivity index (χ3v) is 4.46. The first-order valence-electron chi connectivity index (χ1n) is 6.60. The van der Waals surface area contributed by atoms with Gasteiger partial charge < -0.3 is 10.1 Å². The molecule has 2 aromatic rings. The number of methoxy groups -OCH3 is 1. The fourth-order valence-corrected chi connectivity index (χ4v) is 2.57. The molecule has 1 N–H and O–H groups in total. The molecule has 0 atom stereocenters. The van der Waals surface area contributed by atoms with Gasteiger partial charge in [0.1, 0.15) is 5.75 Å². The standard InChI is InChI=1S/C16H16BrClFNO/c1-3-20-9-10-8-11(21-2)4-5-12(10)13-6-7-14(17)15(18)16(13)19/h4-8,20H,3,9H2,1-2H3. The minimum absolute atomic E-state index is 0.0951. The predicted octanol–water partition coefficient (Wildman–Crippen LogP) is 5.03. The van der Waals surface area contributed by atoms with Gasteiger partial charge in [0.25, 0.3) is 0 Å². The molecule has 0 aliphatic carbocycles. The molecule has 0 amide bonds. The monoisotopic (exact) mass is 371 g/mol. The zero-order valence-corrected chi connectivity index (χ0v) is 14.2. The van der Waals surface area contributed by atoms with Gasteiger partial charge in [-0.3, -0.25) is 0 Å². The topological polar surface area (TPSA) is 21.3 Å². The highest BCUT2D eigenvalue weighted by Crippen LogP contribution is 2.35. The quantitative estimate of drug-likeness (QED) is 0.744. The van der Waals surface area contributed by atoms with E-state index < -0.39 is 5.82 Å². The number of hydrogen-bond donors (Lipinski definition) is 1. The first-order chi connectivity index (χ1) is 10.1. The van der Waals surface area contributed by atoms with Crippen LogP contribution in [0.15, 0.2) is 34.8 Å². The van der Waals surface area contributed by atoms with Gasteiger partial charge in [-0.25, -0.2) is 4.39 Å². The minimum atomic E-state index is -0.422. The average molecular weight is 373 g/mol. The number of halogens is 3. The molecule has 2 rings (SSSR count). The van der Waals surface area contributed by atoms with Crippen molar-refractivity contribution < 1.29 is 9.13 Å². The molecule has 112 valence electrons. The van der Waals surface area contributed by atoms with Gasteiger partial charge in [-0.05, 0) is 51.8 Å². The molecule has 0 saturated heterocycles. The van der Waals surface area contributed by atoms with Crippen LogP contribution in [0, 0.1) is 5.82 Å². The van der Waals surface area contributed by atoms with Crippen LogP contribution in [0.25, 0.3) is 11.1 Å². The van der Waals surface area contributed by atoms with Gasteiger partial charge in [0, 0.05) is 16.6 Å². The molecule has 2 nitrogen and oxygen atoms in total. The van der Waals surface area contributed by atoms with Gasteiger partial charge in [0.05, 0.1) is 12.1 Å². The lowest BCUT2D eigenvalue weighted by atomic mass is 9.98. The third kappa shape index (κ3) is 3.57. The predicted molar refractivity (Wildman–Crippen MR) is 88.5 cm³/mol. The van der Waals surface area contributed by atoms with E-state index in [0.29, 0.717) is 16.6 Å². The summed E-state index contributed by atoms with van der Waals surface area (Å²) < 4.78 is 20.2. The maximum absolute atomic E-state index is 14.4. The Morgan fingerprint density at radius 1 is 1.24 bits per heavy atom. The molecule has 21 heavy (non-hydrogen) atoms. The highest BCUT2D eigenvalue weighted by atomic mass is 79.9. The molecule has 0 heterocycles. The zero-order valence-electron chi connectivity index (χ0n) is 11.8. The highest BCUT2D eigenvalue weighted by molar-refractivity contribution is 9.10. The summed E-state index contributed by atoms with van der Waals surface area (Å²) in [6, 6.07) is 9.06. The van der Waals surface area contributed by atoms with Crippen LogP contribution in [0.1, 0.15) is 12.5 Å². The summed E-state index contributed by atoms with van der Waals surface area (Å²) in [7, 11) is 1.61. The van der Waals surface area contributed by atoms with Crippen LogP contribution >= 0.6 is 27.5 Å². The van der Waals surface area contributed by atoms with Crippen molar-refractivity contribution in [3.05, 3.63) is 51.2 Å². The summed E-state index contributed by atoms with van der Waals surface area (Å²) in [6.07, 6.45) is 0. The van der Waals surface area contributed by atoms with Gasteiger partial charge in [-0.2, -0.15) is 0 Å². The molecule has 0 spiro atoms. The van der Waals surface area contributed by atoms with E-state index in [4.69, 9.17) is 16.3 Å². The van der Waals surface area contributed by atoms with Gasteiger partial charge in [0.2, 0.25) is 0 Å². The van der Waals surface area contributed by atoms with E-state index in [1.54, 1.807) is 19.2 Å². The third-order valence-electron chi connectivity index (χ3n) is 3.20. The molecule has 0 bridgehead atoms. The van der Waals surface area contributed by atoms with Crippen molar-refractivity contribution in [2.24, 2.45) is 0 Å². The van der Waals surface area contributed by atoms with Crippen LogP contribution in [0.2, 0.25) is 5.02 Å². The van der Waals surface area contributed by atoms with Crippen molar-refractivity contribution in [1.29, 1.82) is 0 Å². The molecule has 2 aromatic carbocycles. The lowest BCUT2D eigenvalue weighted by Crippen LogP contribution is -2.12. The van der Waals surface area contributed by atoms with Crippen molar-refractivity contribution in [2.75, 3.05) is 13.7 Å². The van der Waals surface area contributed by atoms with Gasteiger partial charge in [-0.15, -0.1) is 0 Å². The van der Waals surface area contributed by atoms with Crippen molar-refractivity contribution in [3.63, 3.8) is 0 Å². The van der Waals surface area contributed by atoms with Crippen LogP contribution in [-0.4, -0.2) is 13.7 Å². The Hall–Kier alpha value is -1.10. The normalized spacial score (nSPS) is 10.7. The summed E-state index contributed by atoms with van der Waals surface area (Å²) in [5.74, 6) is 0.323. The van der Waals surface area contributed by atoms with Crippen LogP contribution in [-0.2, 0) is 6.54 Å². The van der Waals surface area contributed by atoms with E-state index in [1.165, 1.54) is 0 Å². The van der Waals surface area contributed by atoms with Crippen LogP contribution in [0.3, 0.4) is 0 Å². The van der Waals surface area contributed by atoms with Crippen LogP contribution < -0.4 is 10.1 Å². The Bertz CT molecular complexity index is 648. The van der Waals surface area contributed by atoms with Gasteiger partial charge in [-0.1, -0.05) is 30.7 Å². The Labute approximate surface area is 137 Å². The minimum Gasteiger partial charge on any atom is -0.497 e. The van der Waals surface area contributed by atoms with Crippen LogP contribution in [0.5, 0.6) is 5.75 Å². The van der Waals surface area contributed by atoms with Crippen molar-refractivity contribution in [1.82, 2.24) is 5.32 Å². The summed E-state index contributed by atoms with van der Waals surface area (Å²) in [6.45, 7) is 3.49. The number of hydrogen-bond acceptors (Lipinski definition) is 2. The lowest BCUT2D eigenvalue weighted by molar-refractivity contribution is 0.414. The van der Waals surface area contributed by atoms with Crippen LogP contribution in [0.4, 0.5) is 4.39 Å². The molecule has 0 fully saturated rings. The summed E-state index contributed by atoms with van der Waals surface area (Å²) in [5, 5.41) is 3.35.